The van der Waals surface area contributed by atoms with Crippen LogP contribution in [0, 0.1) is 0 Å². The van der Waals surface area contributed by atoms with Crippen molar-refractivity contribution in [3.05, 3.63) is 54.1 Å². The molecule has 0 saturated carbocycles. The van der Waals surface area contributed by atoms with E-state index < -0.39 is 5.60 Å². The molecule has 1 saturated heterocycles. The topological polar surface area (TPSA) is 57.0 Å². The van der Waals surface area contributed by atoms with Crippen molar-refractivity contribution in [3.63, 3.8) is 0 Å². The Morgan fingerprint density at radius 1 is 1.04 bits per heavy atom. The van der Waals surface area contributed by atoms with Crippen LogP contribution in [0.5, 0.6) is 11.5 Å². The van der Waals surface area contributed by atoms with Crippen molar-refractivity contribution in [1.29, 1.82) is 0 Å². The Kier molecular flexibility index (Phi) is 4.06. The highest BCUT2D eigenvalue weighted by Gasteiger charge is 2.49. The van der Waals surface area contributed by atoms with Gasteiger partial charge in [-0.3, -0.25) is 4.90 Å². The summed E-state index contributed by atoms with van der Waals surface area (Å²) in [7, 11) is 0. The number of nitrogens with two attached hydrogens (primary N) is 1. The van der Waals surface area contributed by atoms with Crippen LogP contribution in [-0.2, 0) is 4.74 Å². The first-order valence-electron chi connectivity index (χ1n) is 8.70. The van der Waals surface area contributed by atoms with Gasteiger partial charge in [0, 0.05) is 24.3 Å². The van der Waals surface area contributed by atoms with E-state index in [9.17, 15) is 0 Å². The van der Waals surface area contributed by atoms with Crippen molar-refractivity contribution in [2.75, 3.05) is 25.5 Å². The molecule has 2 heterocycles. The van der Waals surface area contributed by atoms with E-state index in [2.05, 4.69) is 30.9 Å². The Hall–Kier alpha value is -2.24. The molecule has 1 fully saturated rings. The minimum Gasteiger partial charge on any atom is -0.486 e. The average Bonchev–Trinajstić information content (AvgIpc) is 2.91. The third-order valence-electron chi connectivity index (χ3n) is 4.83. The molecule has 0 bridgehead atoms. The predicted molar refractivity (Wildman–Crippen MR) is 96.7 cm³/mol. The molecule has 2 aliphatic rings. The number of hydrogen-bond donors (Lipinski definition) is 1. The summed E-state index contributed by atoms with van der Waals surface area (Å²) in [4.78, 5) is 2.35. The number of nitrogen functional groups attached to an aromatic ring is 1. The largest absolute Gasteiger partial charge is 0.486 e. The third-order valence-corrected chi connectivity index (χ3v) is 4.83. The van der Waals surface area contributed by atoms with Crippen LogP contribution in [0.2, 0.25) is 0 Å². The normalized spacial score (nSPS) is 26.1. The van der Waals surface area contributed by atoms with Crippen molar-refractivity contribution < 1.29 is 14.2 Å². The number of anilines is 1. The molecule has 0 radical (unpaired) electrons. The Bertz CT molecular complexity index is 750. The molecule has 2 aromatic rings. The lowest BCUT2D eigenvalue weighted by Crippen LogP contribution is -2.45. The Morgan fingerprint density at radius 3 is 2.48 bits per heavy atom. The van der Waals surface area contributed by atoms with Crippen LogP contribution in [0.1, 0.15) is 25.6 Å². The highest BCUT2D eigenvalue weighted by molar-refractivity contribution is 5.52. The fourth-order valence-corrected chi connectivity index (χ4v) is 3.46. The molecule has 2 aromatic carbocycles. The molecule has 5 nitrogen and oxygen atoms in total. The minimum absolute atomic E-state index is 0.0975. The van der Waals surface area contributed by atoms with E-state index in [0.29, 0.717) is 36.4 Å². The van der Waals surface area contributed by atoms with Crippen LogP contribution in [0.15, 0.2) is 48.5 Å². The van der Waals surface area contributed by atoms with Crippen LogP contribution in [-0.4, -0.2) is 36.3 Å². The molecule has 5 heteroatoms. The second-order valence-electron chi connectivity index (χ2n) is 7.11. The first kappa shape index (κ1) is 16.2. The lowest BCUT2D eigenvalue weighted by Gasteiger charge is -2.26. The highest BCUT2D eigenvalue weighted by atomic mass is 16.6. The van der Waals surface area contributed by atoms with Crippen LogP contribution < -0.4 is 15.2 Å². The zero-order valence-corrected chi connectivity index (χ0v) is 14.6. The Morgan fingerprint density at radius 2 is 1.76 bits per heavy atom. The second kappa shape index (κ2) is 6.24. The van der Waals surface area contributed by atoms with E-state index in [-0.39, 0.29) is 6.23 Å². The molecule has 2 unspecified atom stereocenters. The van der Waals surface area contributed by atoms with Crippen molar-refractivity contribution in [2.45, 2.75) is 31.7 Å². The second-order valence-corrected chi connectivity index (χ2v) is 7.11. The zero-order chi connectivity index (χ0) is 17.4. The molecule has 0 aromatic heterocycles. The summed E-state index contributed by atoms with van der Waals surface area (Å²) in [6.07, 6.45) is -0.0975. The first-order chi connectivity index (χ1) is 12.1. The van der Waals surface area contributed by atoms with Gasteiger partial charge in [-0.1, -0.05) is 30.3 Å². The van der Waals surface area contributed by atoms with Gasteiger partial charge in [0.2, 0.25) is 0 Å². The Labute approximate surface area is 148 Å². The predicted octanol–water partition coefficient (Wildman–Crippen LogP) is 3.22. The van der Waals surface area contributed by atoms with Gasteiger partial charge in [-0.15, -0.1) is 0 Å². The number of nitrogens with zero attached hydrogens (tertiary/aromatic N) is 1. The molecule has 0 amide bonds. The molecule has 1 spiro atoms. The molecule has 2 aliphatic heterocycles. The van der Waals surface area contributed by atoms with Crippen LogP contribution >= 0.6 is 0 Å². The van der Waals surface area contributed by atoms with Crippen LogP contribution in [0.25, 0.3) is 0 Å². The van der Waals surface area contributed by atoms with Gasteiger partial charge >= 0.3 is 0 Å². The molecule has 2 N–H and O–H groups in total. The third kappa shape index (κ3) is 3.05. The fraction of sp³-hybridized carbons (Fsp3) is 0.400. The molecule has 0 aliphatic carbocycles. The molecule has 2 atom stereocenters. The smallest absolute Gasteiger partial charge is 0.163 e. The Balaban J connectivity index is 1.61. The SMILES string of the molecule is CC(C)N1CC2(COc3ccc(N)cc3OC2)OC1c1ccccc1. The van der Waals surface area contributed by atoms with E-state index in [1.54, 1.807) is 6.07 Å². The van der Waals surface area contributed by atoms with Crippen molar-refractivity contribution in [3.8, 4) is 11.5 Å². The van der Waals surface area contributed by atoms with Gasteiger partial charge in [-0.05, 0) is 31.5 Å². The van der Waals surface area contributed by atoms with Gasteiger partial charge in [-0.25, -0.2) is 0 Å². The number of hydrogen-bond acceptors (Lipinski definition) is 5. The average molecular weight is 340 g/mol. The number of fused-ring (bicyclic) bond motifs is 1. The molecule has 4 rings (SSSR count). The van der Waals surface area contributed by atoms with Gasteiger partial charge in [0.05, 0.1) is 0 Å². The summed E-state index contributed by atoms with van der Waals surface area (Å²) in [5.74, 6) is 1.40. The molecule has 25 heavy (non-hydrogen) atoms. The van der Waals surface area contributed by atoms with Crippen LogP contribution in [0.3, 0.4) is 0 Å². The lowest BCUT2D eigenvalue weighted by molar-refractivity contribution is -0.0933. The van der Waals surface area contributed by atoms with Crippen molar-refractivity contribution in [1.82, 2.24) is 4.90 Å². The first-order valence-corrected chi connectivity index (χ1v) is 8.70. The molecular weight excluding hydrogens is 316 g/mol. The molecule has 132 valence electrons. The summed E-state index contributed by atoms with van der Waals surface area (Å²) in [5, 5.41) is 0. The highest BCUT2D eigenvalue weighted by Crippen LogP contribution is 2.41. The summed E-state index contributed by atoms with van der Waals surface area (Å²) < 4.78 is 18.6. The zero-order valence-electron chi connectivity index (χ0n) is 14.6. The van der Waals surface area contributed by atoms with Gasteiger partial charge in [0.25, 0.3) is 0 Å². The fourth-order valence-electron chi connectivity index (χ4n) is 3.46. The van der Waals surface area contributed by atoms with Crippen LogP contribution in [0.4, 0.5) is 5.69 Å². The number of ether oxygens (including phenoxy) is 3. The quantitative estimate of drug-likeness (QED) is 0.851. The monoisotopic (exact) mass is 340 g/mol. The van der Waals surface area contributed by atoms with E-state index in [4.69, 9.17) is 19.9 Å². The van der Waals surface area contributed by atoms with Crippen molar-refractivity contribution >= 4 is 5.69 Å². The van der Waals surface area contributed by atoms with E-state index in [1.165, 1.54) is 0 Å². The number of benzene rings is 2. The van der Waals surface area contributed by atoms with Crippen molar-refractivity contribution in [2.24, 2.45) is 0 Å². The summed E-state index contributed by atoms with van der Waals surface area (Å²) in [6, 6.07) is 16.1. The standard InChI is InChI=1S/C20H24N2O3/c1-14(2)22-11-20(25-19(22)15-6-4-3-5-7-15)12-23-17-9-8-16(21)10-18(17)24-13-20/h3-10,14,19H,11-13,21H2,1-2H3. The van der Waals surface area contributed by atoms with Gasteiger partial charge in [0.15, 0.2) is 17.1 Å². The van der Waals surface area contributed by atoms with Gasteiger partial charge in [0.1, 0.15) is 19.4 Å². The van der Waals surface area contributed by atoms with E-state index >= 15 is 0 Å². The summed E-state index contributed by atoms with van der Waals surface area (Å²) in [5.41, 5.74) is 7.18. The summed E-state index contributed by atoms with van der Waals surface area (Å²) >= 11 is 0. The lowest BCUT2D eigenvalue weighted by atomic mass is 10.1. The van der Waals surface area contributed by atoms with E-state index in [1.807, 2.05) is 30.3 Å². The number of rotatable bonds is 2. The summed E-state index contributed by atoms with van der Waals surface area (Å²) in [6.45, 7) is 6.03. The minimum atomic E-state index is -0.501. The maximum atomic E-state index is 6.54. The molecular formula is C20H24N2O3. The van der Waals surface area contributed by atoms with E-state index in [0.717, 1.165) is 12.1 Å². The maximum absolute atomic E-state index is 6.54. The maximum Gasteiger partial charge on any atom is 0.163 e. The van der Waals surface area contributed by atoms with Gasteiger partial charge < -0.3 is 19.9 Å². The van der Waals surface area contributed by atoms with Gasteiger partial charge in [-0.2, -0.15) is 0 Å².